The Labute approximate surface area is 103 Å². The third-order valence-corrected chi connectivity index (χ3v) is 4.86. The van der Waals surface area contributed by atoms with E-state index >= 15 is 0 Å². The fourth-order valence-electron chi connectivity index (χ4n) is 0.994. The zero-order valence-corrected chi connectivity index (χ0v) is 10.9. The summed E-state index contributed by atoms with van der Waals surface area (Å²) in [6, 6.07) is 3.84. The van der Waals surface area contributed by atoms with E-state index in [1.165, 1.54) is 11.3 Å². The molecule has 2 N–H and O–H groups in total. The van der Waals surface area contributed by atoms with Gasteiger partial charge in [0.2, 0.25) is 0 Å². The minimum Gasteiger partial charge on any atom is -0.325 e. The highest BCUT2D eigenvalue weighted by molar-refractivity contribution is 9.11. The van der Waals surface area contributed by atoms with Gasteiger partial charge in [0, 0.05) is 6.54 Å². The number of hydrogen-bond donors (Lipinski definition) is 1. The summed E-state index contributed by atoms with van der Waals surface area (Å²) in [6.45, 7) is 0.455. The molecule has 2 rings (SSSR count). The SMILES string of the molecule is NCc1nc(-c2ccc(Cl)s2)sc1Br. The monoisotopic (exact) mass is 308 g/mol. The lowest BCUT2D eigenvalue weighted by atomic mass is 10.4. The quantitative estimate of drug-likeness (QED) is 0.917. The summed E-state index contributed by atoms with van der Waals surface area (Å²) in [7, 11) is 0. The van der Waals surface area contributed by atoms with E-state index < -0.39 is 0 Å². The van der Waals surface area contributed by atoms with Crippen molar-refractivity contribution in [3.8, 4) is 9.88 Å². The van der Waals surface area contributed by atoms with Crippen molar-refractivity contribution in [3.63, 3.8) is 0 Å². The highest BCUT2D eigenvalue weighted by Crippen LogP contribution is 2.36. The minimum absolute atomic E-state index is 0.455. The Morgan fingerprint density at radius 1 is 1.43 bits per heavy atom. The normalized spacial score (nSPS) is 10.8. The van der Waals surface area contributed by atoms with Crippen molar-refractivity contribution in [3.05, 3.63) is 25.9 Å². The molecule has 2 heterocycles. The molecule has 6 heteroatoms. The lowest BCUT2D eigenvalue weighted by Crippen LogP contribution is -1.96. The van der Waals surface area contributed by atoms with Gasteiger partial charge >= 0.3 is 0 Å². The summed E-state index contributed by atoms with van der Waals surface area (Å²) in [5, 5.41) is 0.967. The van der Waals surface area contributed by atoms with Crippen LogP contribution in [0.3, 0.4) is 0 Å². The van der Waals surface area contributed by atoms with Gasteiger partial charge in [-0.1, -0.05) is 11.6 Å². The maximum Gasteiger partial charge on any atom is 0.134 e. The standard InChI is InChI=1S/C8H6BrClN2S2/c9-7-4(3-11)12-8(14-7)5-1-2-6(10)13-5/h1-2H,3,11H2. The topological polar surface area (TPSA) is 38.9 Å². The van der Waals surface area contributed by atoms with Crippen molar-refractivity contribution >= 4 is 50.2 Å². The van der Waals surface area contributed by atoms with Gasteiger partial charge in [-0.25, -0.2) is 4.98 Å². The van der Waals surface area contributed by atoms with E-state index in [1.807, 2.05) is 12.1 Å². The van der Waals surface area contributed by atoms with Gasteiger partial charge in [-0.15, -0.1) is 22.7 Å². The van der Waals surface area contributed by atoms with E-state index in [0.29, 0.717) is 6.54 Å². The second-order valence-electron chi connectivity index (χ2n) is 2.55. The molecule has 2 aromatic heterocycles. The van der Waals surface area contributed by atoms with Gasteiger partial charge < -0.3 is 5.73 Å². The zero-order chi connectivity index (χ0) is 10.1. The van der Waals surface area contributed by atoms with Crippen molar-refractivity contribution in [1.82, 2.24) is 4.98 Å². The molecule has 0 atom stereocenters. The van der Waals surface area contributed by atoms with Crippen molar-refractivity contribution < 1.29 is 0 Å². The molecule has 14 heavy (non-hydrogen) atoms. The number of thiazole rings is 1. The van der Waals surface area contributed by atoms with Crippen LogP contribution in [0.25, 0.3) is 9.88 Å². The molecule has 0 saturated heterocycles. The Hall–Kier alpha value is 0.0600. The van der Waals surface area contributed by atoms with Gasteiger partial charge in [-0.05, 0) is 28.1 Å². The van der Waals surface area contributed by atoms with Crippen LogP contribution in [0.4, 0.5) is 0 Å². The van der Waals surface area contributed by atoms with Crippen LogP contribution >= 0.6 is 50.2 Å². The Kier molecular flexibility index (Phi) is 3.23. The number of halogens is 2. The number of thiophene rings is 1. The number of nitrogens with zero attached hydrogens (tertiary/aromatic N) is 1. The highest BCUT2D eigenvalue weighted by Gasteiger charge is 2.10. The molecule has 2 aromatic rings. The Morgan fingerprint density at radius 3 is 2.71 bits per heavy atom. The number of aromatic nitrogens is 1. The van der Waals surface area contributed by atoms with Crippen LogP contribution in [0, 0.1) is 0 Å². The van der Waals surface area contributed by atoms with Crippen molar-refractivity contribution in [2.24, 2.45) is 5.73 Å². The van der Waals surface area contributed by atoms with Crippen molar-refractivity contribution in [2.45, 2.75) is 6.54 Å². The lowest BCUT2D eigenvalue weighted by molar-refractivity contribution is 1.01. The van der Waals surface area contributed by atoms with Crippen LogP contribution in [0.2, 0.25) is 4.34 Å². The number of nitrogens with two attached hydrogens (primary N) is 1. The Morgan fingerprint density at radius 2 is 2.21 bits per heavy atom. The van der Waals surface area contributed by atoms with E-state index in [4.69, 9.17) is 17.3 Å². The van der Waals surface area contributed by atoms with Crippen molar-refractivity contribution in [2.75, 3.05) is 0 Å². The molecule has 0 saturated carbocycles. The molecule has 0 spiro atoms. The van der Waals surface area contributed by atoms with Gasteiger partial charge in [-0.3, -0.25) is 0 Å². The maximum atomic E-state index is 5.85. The Bertz CT molecular complexity index is 452. The Balaban J connectivity index is 2.42. The van der Waals surface area contributed by atoms with E-state index in [1.54, 1.807) is 11.3 Å². The largest absolute Gasteiger partial charge is 0.325 e. The summed E-state index contributed by atoms with van der Waals surface area (Å²) < 4.78 is 1.78. The molecule has 0 bridgehead atoms. The fourth-order valence-corrected chi connectivity index (χ4v) is 3.62. The predicted octanol–water partition coefficient (Wildman–Crippen LogP) is 3.75. The first kappa shape index (κ1) is 10.6. The van der Waals surface area contributed by atoms with Crippen LogP contribution in [0.5, 0.6) is 0 Å². The molecule has 74 valence electrons. The van der Waals surface area contributed by atoms with Gasteiger partial charge in [-0.2, -0.15) is 0 Å². The highest BCUT2D eigenvalue weighted by atomic mass is 79.9. The maximum absolute atomic E-state index is 5.85. The molecule has 0 aliphatic heterocycles. The van der Waals surface area contributed by atoms with Crippen LogP contribution < -0.4 is 5.73 Å². The average molecular weight is 310 g/mol. The van der Waals surface area contributed by atoms with Crippen molar-refractivity contribution in [1.29, 1.82) is 0 Å². The van der Waals surface area contributed by atoms with Gasteiger partial charge in [0.25, 0.3) is 0 Å². The molecular weight excluding hydrogens is 304 g/mol. The molecule has 0 radical (unpaired) electrons. The molecular formula is C8H6BrClN2S2. The molecule has 0 unspecified atom stereocenters. The zero-order valence-electron chi connectivity index (χ0n) is 6.96. The molecule has 0 amide bonds. The summed E-state index contributed by atoms with van der Waals surface area (Å²) >= 11 is 12.4. The second kappa shape index (κ2) is 4.28. The molecule has 2 nitrogen and oxygen atoms in total. The van der Waals surface area contributed by atoms with Crippen LogP contribution in [0.15, 0.2) is 15.9 Å². The van der Waals surface area contributed by atoms with E-state index in [9.17, 15) is 0 Å². The molecule has 0 aliphatic rings. The first-order chi connectivity index (χ1) is 6.70. The van der Waals surface area contributed by atoms with E-state index in [0.717, 1.165) is 23.7 Å². The molecule has 0 fully saturated rings. The summed E-state index contributed by atoms with van der Waals surface area (Å²) in [4.78, 5) is 5.49. The van der Waals surface area contributed by atoms with Gasteiger partial charge in [0.1, 0.15) is 5.01 Å². The first-order valence-electron chi connectivity index (χ1n) is 3.81. The van der Waals surface area contributed by atoms with Crippen LogP contribution in [0.1, 0.15) is 5.69 Å². The molecule has 0 aromatic carbocycles. The fraction of sp³-hybridized carbons (Fsp3) is 0.125. The van der Waals surface area contributed by atoms with E-state index in [-0.39, 0.29) is 0 Å². The summed E-state index contributed by atoms with van der Waals surface area (Å²) in [5.41, 5.74) is 6.44. The summed E-state index contributed by atoms with van der Waals surface area (Å²) in [6.07, 6.45) is 0. The molecule has 0 aliphatic carbocycles. The third kappa shape index (κ3) is 2.01. The van der Waals surface area contributed by atoms with Gasteiger partial charge in [0.15, 0.2) is 0 Å². The van der Waals surface area contributed by atoms with Crippen LogP contribution in [-0.2, 0) is 6.54 Å². The predicted molar refractivity (Wildman–Crippen MR) is 66.0 cm³/mol. The van der Waals surface area contributed by atoms with Crippen LogP contribution in [-0.4, -0.2) is 4.98 Å². The van der Waals surface area contributed by atoms with Gasteiger partial charge in [0.05, 0.1) is 18.7 Å². The summed E-state index contributed by atoms with van der Waals surface area (Å²) in [5.74, 6) is 0. The number of rotatable bonds is 2. The second-order valence-corrected chi connectivity index (χ2v) is 6.58. The smallest absolute Gasteiger partial charge is 0.134 e. The number of hydrogen-bond acceptors (Lipinski definition) is 4. The third-order valence-electron chi connectivity index (χ3n) is 1.63. The van der Waals surface area contributed by atoms with E-state index in [2.05, 4.69) is 20.9 Å². The lowest BCUT2D eigenvalue weighted by Gasteiger charge is -1.87. The average Bonchev–Trinajstić information content (AvgIpc) is 2.71. The first-order valence-corrected chi connectivity index (χ1v) is 6.62. The minimum atomic E-state index is 0.455.